The molecular formula is C16H13FN2OS. The molecule has 1 heterocycles. The fraction of sp³-hybridized carbons (Fsp3) is 0.125. The Morgan fingerprint density at radius 2 is 1.62 bits per heavy atom. The van der Waals surface area contributed by atoms with Crippen LogP contribution in [0.15, 0.2) is 64.2 Å². The molecule has 0 aliphatic rings. The van der Waals surface area contributed by atoms with Gasteiger partial charge in [0, 0.05) is 11.3 Å². The highest BCUT2D eigenvalue weighted by Crippen LogP contribution is 2.25. The van der Waals surface area contributed by atoms with E-state index >= 15 is 0 Å². The Morgan fingerprint density at radius 3 is 2.33 bits per heavy atom. The van der Waals surface area contributed by atoms with Gasteiger partial charge in [-0.3, -0.25) is 0 Å². The van der Waals surface area contributed by atoms with Crippen molar-refractivity contribution in [2.24, 2.45) is 0 Å². The molecule has 0 aliphatic carbocycles. The van der Waals surface area contributed by atoms with Gasteiger partial charge in [0.25, 0.3) is 5.22 Å². The molecule has 5 heteroatoms. The molecule has 2 aromatic carbocycles. The lowest BCUT2D eigenvalue weighted by Crippen LogP contribution is -1.83. The highest BCUT2D eigenvalue weighted by atomic mass is 32.2. The van der Waals surface area contributed by atoms with E-state index in [1.54, 1.807) is 12.1 Å². The first-order valence-corrected chi connectivity index (χ1v) is 7.49. The topological polar surface area (TPSA) is 38.9 Å². The van der Waals surface area contributed by atoms with E-state index in [0.717, 1.165) is 11.1 Å². The first-order chi connectivity index (χ1) is 10.3. The third-order valence-corrected chi connectivity index (χ3v) is 3.86. The van der Waals surface area contributed by atoms with Crippen LogP contribution in [0.4, 0.5) is 4.39 Å². The molecule has 3 aromatic rings. The van der Waals surface area contributed by atoms with Crippen LogP contribution in [0.5, 0.6) is 0 Å². The molecule has 0 unspecified atom stereocenters. The van der Waals surface area contributed by atoms with Gasteiger partial charge in [-0.2, -0.15) is 0 Å². The summed E-state index contributed by atoms with van der Waals surface area (Å²) in [6, 6.07) is 17.1. The number of halogens is 1. The molecule has 0 radical (unpaired) electrons. The molecule has 1 aromatic heterocycles. The Kier molecular flexibility index (Phi) is 4.31. The number of rotatable bonds is 5. The van der Waals surface area contributed by atoms with Gasteiger partial charge < -0.3 is 4.42 Å². The van der Waals surface area contributed by atoms with Crippen LogP contribution in [0.2, 0.25) is 0 Å². The monoisotopic (exact) mass is 300 g/mol. The van der Waals surface area contributed by atoms with Crippen LogP contribution in [0.25, 0.3) is 11.5 Å². The van der Waals surface area contributed by atoms with E-state index in [1.807, 2.05) is 42.5 Å². The van der Waals surface area contributed by atoms with E-state index in [1.165, 1.54) is 11.8 Å². The summed E-state index contributed by atoms with van der Waals surface area (Å²) in [5.74, 6) is 1.23. The van der Waals surface area contributed by atoms with Crippen LogP contribution in [0, 0.1) is 0 Å². The van der Waals surface area contributed by atoms with Crippen LogP contribution in [-0.4, -0.2) is 10.2 Å². The average Bonchev–Trinajstić information content (AvgIpc) is 3.03. The predicted molar refractivity (Wildman–Crippen MR) is 80.5 cm³/mol. The molecule has 0 N–H and O–H groups in total. The number of thioether (sulfide) groups is 1. The van der Waals surface area contributed by atoms with Gasteiger partial charge in [-0.25, -0.2) is 4.39 Å². The van der Waals surface area contributed by atoms with Gasteiger partial charge in [0.05, 0.1) is 0 Å². The second-order valence-electron chi connectivity index (χ2n) is 4.48. The fourth-order valence-corrected chi connectivity index (χ4v) is 2.55. The lowest BCUT2D eigenvalue weighted by Gasteiger charge is -1.99. The maximum atomic E-state index is 12.4. The fourth-order valence-electron chi connectivity index (χ4n) is 1.84. The molecule has 21 heavy (non-hydrogen) atoms. The summed E-state index contributed by atoms with van der Waals surface area (Å²) in [4.78, 5) is 0. The largest absolute Gasteiger partial charge is 0.411 e. The summed E-state index contributed by atoms with van der Waals surface area (Å²) < 4.78 is 18.1. The Morgan fingerprint density at radius 1 is 0.905 bits per heavy atom. The Bertz CT molecular complexity index is 698. The molecule has 0 aliphatic heterocycles. The van der Waals surface area contributed by atoms with Crippen molar-refractivity contribution in [3.63, 3.8) is 0 Å². The second kappa shape index (κ2) is 6.54. The van der Waals surface area contributed by atoms with Crippen LogP contribution in [0.1, 0.15) is 11.1 Å². The SMILES string of the molecule is FCc1ccc(CSc2nnc(-c3ccccc3)o2)cc1. The number of benzene rings is 2. The molecule has 0 saturated heterocycles. The van der Waals surface area contributed by atoms with Crippen molar-refractivity contribution < 1.29 is 8.81 Å². The van der Waals surface area contributed by atoms with Gasteiger partial charge in [0.15, 0.2) is 0 Å². The molecule has 3 nitrogen and oxygen atoms in total. The van der Waals surface area contributed by atoms with Crippen molar-refractivity contribution in [2.75, 3.05) is 0 Å². The molecule has 0 amide bonds. The van der Waals surface area contributed by atoms with Gasteiger partial charge >= 0.3 is 0 Å². The number of hydrogen-bond acceptors (Lipinski definition) is 4. The zero-order valence-corrected chi connectivity index (χ0v) is 12.0. The van der Waals surface area contributed by atoms with Gasteiger partial charge in [0.2, 0.25) is 5.89 Å². The van der Waals surface area contributed by atoms with Crippen molar-refractivity contribution in [3.8, 4) is 11.5 Å². The van der Waals surface area contributed by atoms with E-state index in [9.17, 15) is 4.39 Å². The number of hydrogen-bond donors (Lipinski definition) is 0. The van der Waals surface area contributed by atoms with Crippen molar-refractivity contribution >= 4 is 11.8 Å². The number of aromatic nitrogens is 2. The van der Waals surface area contributed by atoms with Gasteiger partial charge in [0.1, 0.15) is 6.67 Å². The lowest BCUT2D eigenvalue weighted by atomic mass is 10.2. The third kappa shape index (κ3) is 3.49. The zero-order valence-electron chi connectivity index (χ0n) is 11.2. The molecule has 0 spiro atoms. The van der Waals surface area contributed by atoms with E-state index in [4.69, 9.17) is 4.42 Å². The number of nitrogens with zero attached hydrogens (tertiary/aromatic N) is 2. The summed E-state index contributed by atoms with van der Waals surface area (Å²) >= 11 is 1.47. The summed E-state index contributed by atoms with van der Waals surface area (Å²) in [5.41, 5.74) is 2.69. The Labute approximate surface area is 126 Å². The standard InChI is InChI=1S/C16H13FN2OS/c17-10-12-6-8-13(9-7-12)11-21-16-19-18-15(20-16)14-4-2-1-3-5-14/h1-9H,10-11H2. The number of alkyl halides is 1. The molecule has 106 valence electrons. The van der Waals surface area contributed by atoms with Gasteiger partial charge in [-0.1, -0.05) is 54.2 Å². The second-order valence-corrected chi connectivity index (χ2v) is 5.40. The maximum absolute atomic E-state index is 12.4. The zero-order chi connectivity index (χ0) is 14.5. The molecule has 0 fully saturated rings. The highest BCUT2D eigenvalue weighted by molar-refractivity contribution is 7.98. The molecule has 0 atom stereocenters. The molecular weight excluding hydrogens is 287 g/mol. The van der Waals surface area contributed by atoms with Gasteiger partial charge in [-0.15, -0.1) is 10.2 Å². The van der Waals surface area contributed by atoms with E-state index < -0.39 is 6.67 Å². The van der Waals surface area contributed by atoms with E-state index in [2.05, 4.69) is 10.2 Å². The first kappa shape index (κ1) is 13.8. The first-order valence-electron chi connectivity index (χ1n) is 6.50. The van der Waals surface area contributed by atoms with Crippen LogP contribution >= 0.6 is 11.8 Å². The summed E-state index contributed by atoms with van der Waals surface area (Å²) in [6.45, 7) is -0.433. The minimum atomic E-state index is -0.433. The van der Waals surface area contributed by atoms with Crippen molar-refractivity contribution in [1.29, 1.82) is 0 Å². The smallest absolute Gasteiger partial charge is 0.277 e. The van der Waals surface area contributed by atoms with Gasteiger partial charge in [-0.05, 0) is 23.3 Å². The van der Waals surface area contributed by atoms with Crippen LogP contribution in [-0.2, 0) is 12.4 Å². The molecule has 0 bridgehead atoms. The molecule has 3 rings (SSSR count). The van der Waals surface area contributed by atoms with Crippen molar-refractivity contribution in [2.45, 2.75) is 17.7 Å². The summed E-state index contributed by atoms with van der Waals surface area (Å²) in [6.07, 6.45) is 0. The molecule has 0 saturated carbocycles. The quantitative estimate of drug-likeness (QED) is 0.650. The average molecular weight is 300 g/mol. The minimum Gasteiger partial charge on any atom is -0.411 e. The van der Waals surface area contributed by atoms with E-state index in [-0.39, 0.29) is 0 Å². The maximum Gasteiger partial charge on any atom is 0.277 e. The Hall–Kier alpha value is -2.14. The summed E-state index contributed by atoms with van der Waals surface area (Å²) in [7, 11) is 0. The normalized spacial score (nSPS) is 10.7. The lowest BCUT2D eigenvalue weighted by molar-refractivity contribution is 0.466. The summed E-state index contributed by atoms with van der Waals surface area (Å²) in [5, 5.41) is 8.60. The third-order valence-electron chi connectivity index (χ3n) is 2.97. The van der Waals surface area contributed by atoms with Crippen molar-refractivity contribution in [3.05, 3.63) is 65.7 Å². The highest BCUT2D eigenvalue weighted by Gasteiger charge is 2.08. The van der Waals surface area contributed by atoms with Crippen LogP contribution < -0.4 is 0 Å². The Balaban J connectivity index is 1.64. The minimum absolute atomic E-state index is 0.433. The van der Waals surface area contributed by atoms with Crippen molar-refractivity contribution in [1.82, 2.24) is 10.2 Å². The van der Waals surface area contributed by atoms with E-state index in [0.29, 0.717) is 22.4 Å². The van der Waals surface area contributed by atoms with Crippen LogP contribution in [0.3, 0.4) is 0 Å². The predicted octanol–water partition coefficient (Wildman–Crippen LogP) is 4.50.